The molecule has 1 atom stereocenters. The van der Waals surface area contributed by atoms with Crippen LogP contribution in [-0.2, 0) is 6.42 Å². The van der Waals surface area contributed by atoms with Crippen molar-refractivity contribution in [2.75, 3.05) is 13.1 Å². The van der Waals surface area contributed by atoms with Crippen LogP contribution in [0.1, 0.15) is 34.3 Å². The number of nitrogens with one attached hydrogen (secondary N) is 2. The summed E-state index contributed by atoms with van der Waals surface area (Å²) < 4.78 is 0. The molecule has 0 bridgehead atoms. The standard InChI is InChI=1S/C19H22N2O.ClH/c22-19(21-17-10-6-12-20-14-17)18-11-5-4-9-16(18)13-15-7-2-1-3-8-15;/h1-5,7-9,11,17,20H,6,10,12-14H2,(H,21,22);1H. The zero-order chi connectivity index (χ0) is 15.2. The minimum Gasteiger partial charge on any atom is -0.348 e. The van der Waals surface area contributed by atoms with Crippen molar-refractivity contribution < 1.29 is 4.79 Å². The summed E-state index contributed by atoms with van der Waals surface area (Å²) in [5.41, 5.74) is 3.09. The molecule has 0 radical (unpaired) electrons. The maximum Gasteiger partial charge on any atom is 0.251 e. The lowest BCUT2D eigenvalue weighted by Crippen LogP contribution is -2.45. The lowest BCUT2D eigenvalue weighted by molar-refractivity contribution is 0.0930. The molecule has 2 aromatic carbocycles. The van der Waals surface area contributed by atoms with Crippen LogP contribution in [-0.4, -0.2) is 25.0 Å². The van der Waals surface area contributed by atoms with Crippen LogP contribution in [0.15, 0.2) is 54.6 Å². The van der Waals surface area contributed by atoms with Crippen LogP contribution in [0, 0.1) is 0 Å². The highest BCUT2D eigenvalue weighted by atomic mass is 35.5. The molecule has 3 rings (SSSR count). The topological polar surface area (TPSA) is 41.1 Å². The van der Waals surface area contributed by atoms with Crippen molar-refractivity contribution in [1.82, 2.24) is 10.6 Å². The molecule has 1 aliphatic rings. The number of rotatable bonds is 4. The molecule has 122 valence electrons. The SMILES string of the molecule is Cl.O=C(NC1CCCNC1)c1ccccc1Cc1ccccc1. The largest absolute Gasteiger partial charge is 0.348 e. The third kappa shape index (κ3) is 4.81. The molecule has 0 aliphatic carbocycles. The molecule has 1 saturated heterocycles. The maximum absolute atomic E-state index is 12.6. The van der Waals surface area contributed by atoms with Crippen molar-refractivity contribution in [2.45, 2.75) is 25.3 Å². The van der Waals surface area contributed by atoms with E-state index in [1.165, 1.54) is 5.56 Å². The lowest BCUT2D eigenvalue weighted by atomic mass is 9.98. The predicted octanol–water partition coefficient (Wildman–Crippen LogP) is 3.18. The van der Waals surface area contributed by atoms with Crippen LogP contribution in [0.2, 0.25) is 0 Å². The van der Waals surface area contributed by atoms with Crippen molar-refractivity contribution in [1.29, 1.82) is 0 Å². The summed E-state index contributed by atoms with van der Waals surface area (Å²) in [5.74, 6) is 0.0419. The van der Waals surface area contributed by atoms with Gasteiger partial charge in [-0.2, -0.15) is 0 Å². The molecule has 1 amide bonds. The van der Waals surface area contributed by atoms with Crippen LogP contribution in [0.25, 0.3) is 0 Å². The minimum absolute atomic E-state index is 0. The first kappa shape index (κ1) is 17.5. The van der Waals surface area contributed by atoms with E-state index in [9.17, 15) is 4.79 Å². The van der Waals surface area contributed by atoms with Gasteiger partial charge in [0, 0.05) is 18.2 Å². The van der Waals surface area contributed by atoms with Crippen molar-refractivity contribution in [3.05, 3.63) is 71.3 Å². The number of carbonyl (C=O) groups is 1. The number of hydrogen-bond donors (Lipinski definition) is 2. The molecule has 0 saturated carbocycles. The van der Waals surface area contributed by atoms with Gasteiger partial charge in [0.05, 0.1) is 0 Å². The molecule has 0 spiro atoms. The summed E-state index contributed by atoms with van der Waals surface area (Å²) in [6.45, 7) is 1.92. The second-order valence-corrected chi connectivity index (χ2v) is 5.84. The Balaban J connectivity index is 0.00000192. The molecular weight excluding hydrogens is 308 g/mol. The fourth-order valence-corrected chi connectivity index (χ4v) is 2.95. The Morgan fingerprint density at radius 2 is 1.83 bits per heavy atom. The first-order chi connectivity index (χ1) is 10.8. The van der Waals surface area contributed by atoms with E-state index >= 15 is 0 Å². The summed E-state index contributed by atoms with van der Waals surface area (Å²) in [6.07, 6.45) is 2.96. The van der Waals surface area contributed by atoms with Crippen molar-refractivity contribution >= 4 is 18.3 Å². The Kier molecular flexibility index (Phi) is 6.63. The normalized spacial score (nSPS) is 17.1. The van der Waals surface area contributed by atoms with Crippen LogP contribution in [0.5, 0.6) is 0 Å². The zero-order valence-electron chi connectivity index (χ0n) is 13.1. The molecule has 3 nitrogen and oxygen atoms in total. The van der Waals surface area contributed by atoms with Gasteiger partial charge in [-0.25, -0.2) is 0 Å². The van der Waals surface area contributed by atoms with E-state index in [2.05, 4.69) is 22.8 Å². The maximum atomic E-state index is 12.6. The summed E-state index contributed by atoms with van der Waals surface area (Å²) in [6, 6.07) is 18.4. The number of piperidine rings is 1. The summed E-state index contributed by atoms with van der Waals surface area (Å²) in [7, 11) is 0. The first-order valence-electron chi connectivity index (χ1n) is 7.96. The van der Waals surface area contributed by atoms with Crippen LogP contribution in [0.4, 0.5) is 0 Å². The highest BCUT2D eigenvalue weighted by Crippen LogP contribution is 2.15. The highest BCUT2D eigenvalue weighted by Gasteiger charge is 2.18. The van der Waals surface area contributed by atoms with Gasteiger partial charge in [0.15, 0.2) is 0 Å². The van der Waals surface area contributed by atoms with E-state index in [1.54, 1.807) is 0 Å². The zero-order valence-corrected chi connectivity index (χ0v) is 13.9. The predicted molar refractivity (Wildman–Crippen MR) is 96.3 cm³/mol. The average molecular weight is 331 g/mol. The Morgan fingerprint density at radius 3 is 2.57 bits per heavy atom. The van der Waals surface area contributed by atoms with Gasteiger partial charge >= 0.3 is 0 Å². The number of amides is 1. The second kappa shape index (κ2) is 8.70. The van der Waals surface area contributed by atoms with E-state index in [4.69, 9.17) is 0 Å². The quantitative estimate of drug-likeness (QED) is 0.904. The van der Waals surface area contributed by atoms with Crippen molar-refractivity contribution in [2.24, 2.45) is 0 Å². The molecule has 1 fully saturated rings. The van der Waals surface area contributed by atoms with Gasteiger partial charge in [0.25, 0.3) is 5.91 Å². The van der Waals surface area contributed by atoms with Gasteiger partial charge in [-0.05, 0) is 43.0 Å². The van der Waals surface area contributed by atoms with Crippen molar-refractivity contribution in [3.63, 3.8) is 0 Å². The highest BCUT2D eigenvalue weighted by molar-refractivity contribution is 5.96. The fourth-order valence-electron chi connectivity index (χ4n) is 2.95. The van der Waals surface area contributed by atoms with E-state index in [0.717, 1.165) is 43.5 Å². The summed E-state index contributed by atoms with van der Waals surface area (Å²) in [5, 5.41) is 6.49. The smallest absolute Gasteiger partial charge is 0.251 e. The molecule has 23 heavy (non-hydrogen) atoms. The molecule has 1 unspecified atom stereocenters. The van der Waals surface area contributed by atoms with Crippen LogP contribution in [0.3, 0.4) is 0 Å². The number of hydrogen-bond acceptors (Lipinski definition) is 2. The summed E-state index contributed by atoms with van der Waals surface area (Å²) >= 11 is 0. The number of halogens is 1. The molecule has 4 heteroatoms. The van der Waals surface area contributed by atoms with E-state index in [-0.39, 0.29) is 24.4 Å². The van der Waals surface area contributed by atoms with Gasteiger partial charge in [0.1, 0.15) is 0 Å². The van der Waals surface area contributed by atoms with Crippen LogP contribution >= 0.6 is 12.4 Å². The van der Waals surface area contributed by atoms with Gasteiger partial charge in [-0.15, -0.1) is 12.4 Å². The fraction of sp³-hybridized carbons (Fsp3) is 0.316. The van der Waals surface area contributed by atoms with Gasteiger partial charge in [0.2, 0.25) is 0 Å². The summed E-state index contributed by atoms with van der Waals surface area (Å²) in [4.78, 5) is 12.6. The second-order valence-electron chi connectivity index (χ2n) is 5.84. The monoisotopic (exact) mass is 330 g/mol. The van der Waals surface area contributed by atoms with E-state index in [0.29, 0.717) is 0 Å². The Bertz CT molecular complexity index is 624. The minimum atomic E-state index is 0. The van der Waals surface area contributed by atoms with Gasteiger partial charge in [-0.3, -0.25) is 4.79 Å². The van der Waals surface area contributed by atoms with Gasteiger partial charge < -0.3 is 10.6 Å². The number of carbonyl (C=O) groups excluding carboxylic acids is 1. The third-order valence-electron chi connectivity index (χ3n) is 4.13. The van der Waals surface area contributed by atoms with Crippen molar-refractivity contribution in [3.8, 4) is 0 Å². The lowest BCUT2D eigenvalue weighted by Gasteiger charge is -2.24. The Morgan fingerprint density at radius 1 is 1.09 bits per heavy atom. The molecule has 1 aliphatic heterocycles. The average Bonchev–Trinajstić information content (AvgIpc) is 2.57. The van der Waals surface area contributed by atoms with E-state index < -0.39 is 0 Å². The third-order valence-corrected chi connectivity index (χ3v) is 4.13. The first-order valence-corrected chi connectivity index (χ1v) is 7.96. The molecule has 1 heterocycles. The van der Waals surface area contributed by atoms with Gasteiger partial charge in [-0.1, -0.05) is 48.5 Å². The molecule has 0 aromatic heterocycles. The number of benzene rings is 2. The van der Waals surface area contributed by atoms with E-state index in [1.807, 2.05) is 42.5 Å². The molecular formula is C19H23ClN2O. The Labute approximate surface area is 143 Å². The van der Waals surface area contributed by atoms with Crippen LogP contribution < -0.4 is 10.6 Å². The Hall–Kier alpha value is -1.84. The molecule has 2 aromatic rings. The molecule has 2 N–H and O–H groups in total.